The Bertz CT molecular complexity index is 1020. The summed E-state index contributed by atoms with van der Waals surface area (Å²) >= 11 is 0. The number of aromatic nitrogens is 2. The van der Waals surface area contributed by atoms with Gasteiger partial charge in [0, 0.05) is 31.3 Å². The second kappa shape index (κ2) is 6.79. The summed E-state index contributed by atoms with van der Waals surface area (Å²) in [6.45, 7) is 3.07. The molecule has 4 rings (SSSR count). The lowest BCUT2D eigenvalue weighted by atomic mass is 10.1. The second-order valence-corrected chi connectivity index (χ2v) is 6.35. The minimum atomic E-state index is -0.963. The maximum absolute atomic E-state index is 13.3. The lowest BCUT2D eigenvalue weighted by molar-refractivity contribution is -0.129. The molecule has 1 aliphatic heterocycles. The molecule has 0 saturated carbocycles. The Morgan fingerprint density at radius 3 is 2.74 bits per heavy atom. The molecule has 2 aromatic carbocycles. The molecule has 27 heavy (non-hydrogen) atoms. The van der Waals surface area contributed by atoms with Crippen LogP contribution in [0.3, 0.4) is 0 Å². The third-order valence-corrected chi connectivity index (χ3v) is 4.46. The average Bonchev–Trinajstić information content (AvgIpc) is 3.28. The summed E-state index contributed by atoms with van der Waals surface area (Å²) in [5.74, 6) is -1.33. The van der Waals surface area contributed by atoms with Crippen LogP contribution in [0, 0.1) is 11.6 Å². The molecule has 0 atom stereocenters. The van der Waals surface area contributed by atoms with Crippen molar-refractivity contribution in [3.8, 4) is 11.4 Å². The molecule has 0 spiro atoms. The van der Waals surface area contributed by atoms with Crippen LogP contribution < -0.4 is 5.32 Å². The number of fused-ring (bicyclic) bond motifs is 1. The highest BCUT2D eigenvalue weighted by atomic mass is 19.2. The van der Waals surface area contributed by atoms with Crippen LogP contribution in [0.1, 0.15) is 23.9 Å². The molecule has 1 aliphatic rings. The van der Waals surface area contributed by atoms with E-state index in [1.54, 1.807) is 11.8 Å². The molecule has 0 bridgehead atoms. The van der Waals surface area contributed by atoms with E-state index in [-0.39, 0.29) is 18.3 Å². The largest absolute Gasteiger partial charge is 0.376 e. The van der Waals surface area contributed by atoms with Gasteiger partial charge in [0.1, 0.15) is 0 Å². The fraction of sp³-hybridized carbons (Fsp3) is 0.211. The number of halogens is 2. The van der Waals surface area contributed by atoms with Crippen molar-refractivity contribution in [2.24, 2.45) is 0 Å². The number of benzene rings is 2. The molecule has 1 N–H and O–H groups in total. The van der Waals surface area contributed by atoms with Gasteiger partial charge in [0.15, 0.2) is 11.6 Å². The van der Waals surface area contributed by atoms with E-state index in [2.05, 4.69) is 15.5 Å². The van der Waals surface area contributed by atoms with Gasteiger partial charge in [0.25, 0.3) is 0 Å². The van der Waals surface area contributed by atoms with E-state index in [4.69, 9.17) is 4.52 Å². The van der Waals surface area contributed by atoms with Gasteiger partial charge >= 0.3 is 0 Å². The molecule has 138 valence electrons. The van der Waals surface area contributed by atoms with Crippen molar-refractivity contribution >= 4 is 11.6 Å². The number of carbonyl (C=O) groups is 1. The Hall–Kier alpha value is -3.29. The summed E-state index contributed by atoms with van der Waals surface area (Å²) in [6.07, 6.45) is 0. The molecule has 0 unspecified atom stereocenters. The normalized spacial score (nSPS) is 12.9. The van der Waals surface area contributed by atoms with E-state index in [0.29, 0.717) is 24.5 Å². The van der Waals surface area contributed by atoms with Crippen molar-refractivity contribution in [3.05, 3.63) is 65.1 Å². The van der Waals surface area contributed by atoms with Gasteiger partial charge in [0.2, 0.25) is 17.6 Å². The topological polar surface area (TPSA) is 71.3 Å². The highest BCUT2D eigenvalue weighted by Crippen LogP contribution is 2.26. The highest BCUT2D eigenvalue weighted by molar-refractivity contribution is 5.74. The third kappa shape index (κ3) is 3.51. The number of amides is 1. The predicted octanol–water partition coefficient (Wildman–Crippen LogP) is 3.49. The number of hydrogen-bond acceptors (Lipinski definition) is 5. The van der Waals surface area contributed by atoms with Gasteiger partial charge < -0.3 is 14.7 Å². The lowest BCUT2D eigenvalue weighted by Gasteiger charge is -2.11. The minimum absolute atomic E-state index is 0.0522. The van der Waals surface area contributed by atoms with Crippen molar-refractivity contribution in [2.75, 3.05) is 5.32 Å². The first-order chi connectivity index (χ1) is 13.0. The Morgan fingerprint density at radius 2 is 1.96 bits per heavy atom. The van der Waals surface area contributed by atoms with Crippen LogP contribution in [0.2, 0.25) is 0 Å². The molecule has 1 amide bonds. The van der Waals surface area contributed by atoms with Crippen LogP contribution in [0.15, 0.2) is 40.9 Å². The van der Waals surface area contributed by atoms with Crippen LogP contribution in [0.5, 0.6) is 0 Å². The molecule has 8 heteroatoms. The first kappa shape index (κ1) is 17.1. The fourth-order valence-corrected chi connectivity index (χ4v) is 2.98. The van der Waals surface area contributed by atoms with Crippen LogP contribution in [-0.2, 0) is 24.4 Å². The van der Waals surface area contributed by atoms with Crippen LogP contribution in [0.25, 0.3) is 11.4 Å². The maximum Gasteiger partial charge on any atom is 0.246 e. The van der Waals surface area contributed by atoms with E-state index in [1.807, 2.05) is 18.2 Å². The summed E-state index contributed by atoms with van der Waals surface area (Å²) in [6, 6.07) is 9.34. The van der Waals surface area contributed by atoms with Crippen molar-refractivity contribution in [3.63, 3.8) is 0 Å². The lowest BCUT2D eigenvalue weighted by Crippen LogP contribution is -2.21. The Balaban J connectivity index is 1.43. The van der Waals surface area contributed by atoms with Crippen LogP contribution in [0.4, 0.5) is 14.5 Å². The first-order valence-electron chi connectivity index (χ1n) is 8.39. The minimum Gasteiger partial charge on any atom is -0.376 e. The summed E-state index contributed by atoms with van der Waals surface area (Å²) in [5.41, 5.74) is 3.44. The van der Waals surface area contributed by atoms with Crippen LogP contribution in [-0.4, -0.2) is 20.9 Å². The smallest absolute Gasteiger partial charge is 0.246 e. The molecule has 0 aliphatic carbocycles. The summed E-state index contributed by atoms with van der Waals surface area (Å²) in [4.78, 5) is 17.5. The molecule has 0 fully saturated rings. The van der Waals surface area contributed by atoms with Gasteiger partial charge in [-0.05, 0) is 41.5 Å². The Kier molecular flexibility index (Phi) is 4.31. The van der Waals surface area contributed by atoms with Crippen molar-refractivity contribution < 1.29 is 18.1 Å². The SMILES string of the molecule is CC(=O)N1Cc2ccc(NCc3nc(-c4ccc(F)c(F)c4)no3)cc2C1. The number of nitrogens with zero attached hydrogens (tertiary/aromatic N) is 3. The zero-order chi connectivity index (χ0) is 19.0. The fourth-order valence-electron chi connectivity index (χ4n) is 2.98. The Morgan fingerprint density at radius 1 is 1.15 bits per heavy atom. The molecule has 6 nitrogen and oxygen atoms in total. The van der Waals surface area contributed by atoms with E-state index in [0.717, 1.165) is 28.9 Å². The van der Waals surface area contributed by atoms with E-state index in [9.17, 15) is 13.6 Å². The number of carbonyl (C=O) groups excluding carboxylic acids is 1. The summed E-state index contributed by atoms with van der Waals surface area (Å²) in [7, 11) is 0. The van der Waals surface area contributed by atoms with E-state index < -0.39 is 11.6 Å². The predicted molar refractivity (Wildman–Crippen MR) is 93.3 cm³/mol. The highest BCUT2D eigenvalue weighted by Gasteiger charge is 2.21. The van der Waals surface area contributed by atoms with E-state index >= 15 is 0 Å². The number of nitrogens with one attached hydrogen (secondary N) is 1. The van der Waals surface area contributed by atoms with Gasteiger partial charge in [-0.2, -0.15) is 4.98 Å². The van der Waals surface area contributed by atoms with Gasteiger partial charge in [-0.15, -0.1) is 0 Å². The molecular formula is C19H16F2N4O2. The molecule has 0 radical (unpaired) electrons. The number of anilines is 1. The number of hydrogen-bond donors (Lipinski definition) is 1. The van der Waals surface area contributed by atoms with Gasteiger partial charge in [0.05, 0.1) is 6.54 Å². The molecule has 0 saturated heterocycles. The first-order valence-corrected chi connectivity index (χ1v) is 8.39. The zero-order valence-corrected chi connectivity index (χ0v) is 14.5. The van der Waals surface area contributed by atoms with Gasteiger partial charge in [-0.3, -0.25) is 4.79 Å². The molecular weight excluding hydrogens is 354 g/mol. The van der Waals surface area contributed by atoms with Crippen molar-refractivity contribution in [2.45, 2.75) is 26.6 Å². The molecule has 3 aromatic rings. The van der Waals surface area contributed by atoms with Gasteiger partial charge in [-0.1, -0.05) is 11.2 Å². The van der Waals surface area contributed by atoms with Crippen LogP contribution >= 0.6 is 0 Å². The summed E-state index contributed by atoms with van der Waals surface area (Å²) < 4.78 is 31.5. The maximum atomic E-state index is 13.3. The monoisotopic (exact) mass is 370 g/mol. The summed E-state index contributed by atoms with van der Waals surface area (Å²) in [5, 5.41) is 6.98. The average molecular weight is 370 g/mol. The third-order valence-electron chi connectivity index (χ3n) is 4.46. The van der Waals surface area contributed by atoms with Crippen molar-refractivity contribution in [1.82, 2.24) is 15.0 Å². The zero-order valence-electron chi connectivity index (χ0n) is 14.5. The molecule has 2 heterocycles. The second-order valence-electron chi connectivity index (χ2n) is 6.35. The van der Waals surface area contributed by atoms with Crippen molar-refractivity contribution in [1.29, 1.82) is 0 Å². The van der Waals surface area contributed by atoms with E-state index in [1.165, 1.54) is 6.07 Å². The Labute approximate surface area is 153 Å². The standard InChI is InChI=1S/C19H16F2N4O2/c1-11(26)25-9-13-2-4-15(6-14(13)10-25)22-8-18-23-19(24-27-18)12-3-5-16(20)17(21)7-12/h2-7,22H,8-10H2,1H3. The number of rotatable bonds is 4. The van der Waals surface area contributed by atoms with Gasteiger partial charge in [-0.25, -0.2) is 8.78 Å². The quantitative estimate of drug-likeness (QED) is 0.761. The molecule has 1 aromatic heterocycles.